The van der Waals surface area contributed by atoms with Gasteiger partial charge < -0.3 is 15.4 Å². The van der Waals surface area contributed by atoms with Crippen molar-refractivity contribution in [2.24, 2.45) is 0 Å². The molecule has 0 radical (unpaired) electrons. The minimum absolute atomic E-state index is 0.0562. The van der Waals surface area contributed by atoms with Crippen LogP contribution in [0, 0.1) is 0 Å². The smallest absolute Gasteiger partial charge is 0.421 e. The Labute approximate surface area is 205 Å². The molecule has 0 atom stereocenters. The van der Waals surface area contributed by atoms with Gasteiger partial charge in [0.2, 0.25) is 5.95 Å². The number of anilines is 4. The molecule has 0 spiro atoms. The lowest BCUT2D eigenvalue weighted by atomic mass is 10.1. The first-order valence-electron chi connectivity index (χ1n) is 11.9. The summed E-state index contributed by atoms with van der Waals surface area (Å²) in [6.07, 6.45) is 1.60. The van der Waals surface area contributed by atoms with Gasteiger partial charge in [-0.3, -0.25) is 0 Å². The molecule has 2 aromatic carbocycles. The van der Waals surface area contributed by atoms with Gasteiger partial charge in [-0.15, -0.1) is 0 Å². The van der Waals surface area contributed by atoms with Crippen LogP contribution in [0.5, 0.6) is 5.75 Å². The number of hydrogen-bond donors (Lipinski definition) is 2. The summed E-state index contributed by atoms with van der Waals surface area (Å²) in [4.78, 5) is 8.03. The highest BCUT2D eigenvalue weighted by Gasteiger charge is 2.35. The molecule has 0 bridgehead atoms. The van der Waals surface area contributed by atoms with Gasteiger partial charge in [-0.25, -0.2) is 4.98 Å². The molecule has 35 heavy (non-hydrogen) atoms. The van der Waals surface area contributed by atoms with Gasteiger partial charge in [-0.05, 0) is 75.6 Å². The minimum Gasteiger partial charge on any atom is -0.488 e. The van der Waals surface area contributed by atoms with E-state index in [1.165, 1.54) is 6.42 Å². The fourth-order valence-electron chi connectivity index (χ4n) is 3.53. The number of alkyl halides is 3. The molecule has 188 valence electrons. The molecule has 0 saturated heterocycles. The first kappa shape index (κ1) is 26.3. The van der Waals surface area contributed by atoms with Crippen LogP contribution in [-0.2, 0) is 12.6 Å². The van der Waals surface area contributed by atoms with E-state index < -0.39 is 11.7 Å². The Hall–Kier alpha value is -3.29. The Kier molecular flexibility index (Phi) is 8.59. The normalized spacial score (nSPS) is 11.9. The van der Waals surface area contributed by atoms with Crippen LogP contribution in [0.1, 0.15) is 64.5 Å². The Morgan fingerprint density at radius 3 is 2.29 bits per heavy atom. The molecule has 1 aromatic heterocycles. The standard InChI is InChI=1S/C27H33F3N4O/c1-5-6-7-8-10-19-11-9-12-21(17-19)32-24-23(27(28,29)30)18-31-25(34-24)33-20-13-15-22(16-14-20)35-26(2,3)4/h9,11-18H,5-8,10H2,1-4H3,(H2,31,32,33,34). The lowest BCUT2D eigenvalue weighted by Gasteiger charge is -2.21. The molecular formula is C27H33F3N4O. The number of nitrogens with one attached hydrogen (secondary N) is 2. The highest BCUT2D eigenvalue weighted by Crippen LogP contribution is 2.35. The van der Waals surface area contributed by atoms with Crippen molar-refractivity contribution < 1.29 is 17.9 Å². The molecule has 0 aliphatic carbocycles. The summed E-state index contributed by atoms with van der Waals surface area (Å²) in [5, 5.41) is 5.82. The van der Waals surface area contributed by atoms with Gasteiger partial charge in [0.1, 0.15) is 22.7 Å². The Balaban J connectivity index is 1.78. The molecule has 3 rings (SSSR count). The largest absolute Gasteiger partial charge is 0.488 e. The van der Waals surface area contributed by atoms with Crippen LogP contribution in [0.15, 0.2) is 54.7 Å². The van der Waals surface area contributed by atoms with Crippen LogP contribution in [-0.4, -0.2) is 15.6 Å². The Bertz CT molecular complexity index is 1090. The maximum absolute atomic E-state index is 13.7. The highest BCUT2D eigenvalue weighted by molar-refractivity contribution is 5.63. The zero-order valence-electron chi connectivity index (χ0n) is 20.7. The average Bonchev–Trinajstić information content (AvgIpc) is 2.77. The summed E-state index contributed by atoms with van der Waals surface area (Å²) in [5.41, 5.74) is 0.997. The van der Waals surface area contributed by atoms with Crippen molar-refractivity contribution in [3.05, 3.63) is 65.9 Å². The predicted molar refractivity (Wildman–Crippen MR) is 135 cm³/mol. The van der Waals surface area contributed by atoms with E-state index in [1.807, 2.05) is 39.0 Å². The van der Waals surface area contributed by atoms with Crippen molar-refractivity contribution in [2.75, 3.05) is 10.6 Å². The summed E-state index contributed by atoms with van der Waals surface area (Å²) in [6.45, 7) is 8.01. The quantitative estimate of drug-likeness (QED) is 0.282. The number of halogens is 3. The van der Waals surface area contributed by atoms with Gasteiger partial charge in [0.05, 0.1) is 0 Å². The molecule has 0 unspecified atom stereocenters. The molecule has 2 N–H and O–H groups in total. The van der Waals surface area contributed by atoms with Crippen molar-refractivity contribution in [1.82, 2.24) is 9.97 Å². The second-order valence-electron chi connectivity index (χ2n) is 9.45. The maximum atomic E-state index is 13.7. The van der Waals surface area contributed by atoms with Crippen LogP contribution in [0.4, 0.5) is 36.3 Å². The summed E-state index contributed by atoms with van der Waals surface area (Å²) in [6, 6.07) is 14.5. The molecular weight excluding hydrogens is 453 g/mol. The van der Waals surface area contributed by atoms with Crippen molar-refractivity contribution in [1.29, 1.82) is 0 Å². The van der Waals surface area contributed by atoms with Crippen LogP contribution in [0.25, 0.3) is 0 Å². The number of aryl methyl sites for hydroxylation is 1. The van der Waals surface area contributed by atoms with Gasteiger partial charge in [-0.2, -0.15) is 18.2 Å². The van der Waals surface area contributed by atoms with E-state index in [0.717, 1.165) is 37.4 Å². The molecule has 5 nitrogen and oxygen atoms in total. The van der Waals surface area contributed by atoms with Crippen molar-refractivity contribution in [2.45, 2.75) is 71.6 Å². The number of unbranched alkanes of at least 4 members (excludes halogenated alkanes) is 3. The summed E-state index contributed by atoms with van der Waals surface area (Å²) >= 11 is 0. The van der Waals surface area contributed by atoms with Gasteiger partial charge in [0.15, 0.2) is 0 Å². The van der Waals surface area contributed by atoms with Crippen LogP contribution >= 0.6 is 0 Å². The van der Waals surface area contributed by atoms with Crippen LogP contribution in [0.3, 0.4) is 0 Å². The third kappa shape index (κ3) is 8.46. The Morgan fingerprint density at radius 2 is 1.63 bits per heavy atom. The number of nitrogens with zero attached hydrogens (tertiary/aromatic N) is 2. The first-order valence-corrected chi connectivity index (χ1v) is 11.9. The fraction of sp³-hybridized carbons (Fsp3) is 0.407. The molecule has 3 aromatic rings. The van der Waals surface area contributed by atoms with E-state index in [4.69, 9.17) is 4.74 Å². The van der Waals surface area contributed by atoms with E-state index in [2.05, 4.69) is 27.5 Å². The molecule has 0 fully saturated rings. The number of benzene rings is 2. The van der Waals surface area contributed by atoms with Gasteiger partial charge in [0.25, 0.3) is 0 Å². The second-order valence-corrected chi connectivity index (χ2v) is 9.45. The van der Waals surface area contributed by atoms with Crippen molar-refractivity contribution in [3.63, 3.8) is 0 Å². The fourth-order valence-corrected chi connectivity index (χ4v) is 3.53. The SMILES string of the molecule is CCCCCCc1cccc(Nc2nc(Nc3ccc(OC(C)(C)C)cc3)ncc2C(F)(F)F)c1. The summed E-state index contributed by atoms with van der Waals surface area (Å²) < 4.78 is 46.8. The highest BCUT2D eigenvalue weighted by atomic mass is 19.4. The predicted octanol–water partition coefficient (Wildman–Crippen LogP) is 8.28. The number of hydrogen-bond acceptors (Lipinski definition) is 5. The maximum Gasteiger partial charge on any atom is 0.421 e. The molecule has 0 aliphatic heterocycles. The van der Waals surface area contributed by atoms with E-state index in [0.29, 0.717) is 17.1 Å². The van der Waals surface area contributed by atoms with Crippen LogP contribution < -0.4 is 15.4 Å². The monoisotopic (exact) mass is 486 g/mol. The average molecular weight is 487 g/mol. The third-order valence-electron chi connectivity index (χ3n) is 5.14. The molecule has 0 aliphatic rings. The minimum atomic E-state index is -4.59. The number of rotatable bonds is 10. The number of aromatic nitrogens is 2. The van der Waals surface area contributed by atoms with Gasteiger partial charge >= 0.3 is 6.18 Å². The lowest BCUT2D eigenvalue weighted by molar-refractivity contribution is -0.137. The van der Waals surface area contributed by atoms with E-state index in [-0.39, 0.29) is 17.4 Å². The van der Waals surface area contributed by atoms with E-state index >= 15 is 0 Å². The number of ether oxygens (including phenoxy) is 1. The molecule has 0 amide bonds. The Morgan fingerprint density at radius 1 is 0.886 bits per heavy atom. The summed E-state index contributed by atoms with van der Waals surface area (Å²) in [7, 11) is 0. The van der Waals surface area contributed by atoms with Crippen LogP contribution in [0.2, 0.25) is 0 Å². The van der Waals surface area contributed by atoms with E-state index in [9.17, 15) is 13.2 Å². The van der Waals surface area contributed by atoms with Crippen molar-refractivity contribution in [3.8, 4) is 5.75 Å². The first-order chi connectivity index (χ1) is 16.5. The van der Waals surface area contributed by atoms with E-state index in [1.54, 1.807) is 30.3 Å². The lowest BCUT2D eigenvalue weighted by Crippen LogP contribution is -2.22. The zero-order valence-corrected chi connectivity index (χ0v) is 20.7. The molecule has 8 heteroatoms. The van der Waals surface area contributed by atoms with Crippen molar-refractivity contribution >= 4 is 23.1 Å². The third-order valence-corrected chi connectivity index (χ3v) is 5.14. The molecule has 0 saturated carbocycles. The second kappa shape index (κ2) is 11.4. The molecule has 1 heterocycles. The topological polar surface area (TPSA) is 59.1 Å². The zero-order chi connectivity index (χ0) is 25.5. The van der Waals surface area contributed by atoms with Gasteiger partial charge in [0, 0.05) is 17.6 Å². The summed E-state index contributed by atoms with van der Waals surface area (Å²) in [5.74, 6) is 0.444. The van der Waals surface area contributed by atoms with Gasteiger partial charge in [-0.1, -0.05) is 38.3 Å².